The molecule has 0 spiro atoms. The highest BCUT2D eigenvalue weighted by Gasteiger charge is 2.27. The van der Waals surface area contributed by atoms with Crippen molar-refractivity contribution in [1.29, 1.82) is 0 Å². The molecule has 1 fully saturated rings. The second-order valence-corrected chi connectivity index (χ2v) is 6.52. The van der Waals surface area contributed by atoms with Crippen molar-refractivity contribution in [2.45, 2.75) is 25.9 Å². The van der Waals surface area contributed by atoms with Gasteiger partial charge in [-0.1, -0.05) is 0 Å². The van der Waals surface area contributed by atoms with Crippen molar-refractivity contribution in [3.63, 3.8) is 0 Å². The van der Waals surface area contributed by atoms with E-state index >= 15 is 0 Å². The molecule has 138 valence electrons. The Bertz CT molecular complexity index is 611. The average Bonchev–Trinajstić information content (AvgIpc) is 2.60. The number of hydrogen-bond donors (Lipinski definition) is 3. The van der Waals surface area contributed by atoms with E-state index in [4.69, 9.17) is 15.2 Å². The Labute approximate surface area is 147 Å². The highest BCUT2D eigenvalue weighted by molar-refractivity contribution is 5.94. The zero-order valence-corrected chi connectivity index (χ0v) is 14.8. The third kappa shape index (κ3) is 5.44. The Morgan fingerprint density at radius 2 is 2.00 bits per heavy atom. The van der Waals surface area contributed by atoms with E-state index in [9.17, 15) is 14.7 Å². The van der Waals surface area contributed by atoms with E-state index in [-0.39, 0.29) is 24.2 Å². The highest BCUT2D eigenvalue weighted by Crippen LogP contribution is 2.28. The molecule has 0 saturated carbocycles. The lowest BCUT2D eigenvalue weighted by Crippen LogP contribution is -3.14. The first-order valence-corrected chi connectivity index (χ1v) is 8.53. The number of primary amides is 1. The quantitative estimate of drug-likeness (QED) is 0.544. The van der Waals surface area contributed by atoms with Gasteiger partial charge in [0.15, 0.2) is 17.3 Å². The van der Waals surface area contributed by atoms with Crippen LogP contribution in [0.2, 0.25) is 0 Å². The molecule has 1 aliphatic rings. The van der Waals surface area contributed by atoms with Gasteiger partial charge in [-0.15, -0.1) is 0 Å². The van der Waals surface area contributed by atoms with Gasteiger partial charge in [0, 0.05) is 24.3 Å². The number of piperidine rings is 1. The molecule has 0 aromatic heterocycles. The lowest BCUT2D eigenvalue weighted by molar-refractivity contribution is -0.908. The van der Waals surface area contributed by atoms with Gasteiger partial charge >= 0.3 is 0 Å². The third-order valence-corrected chi connectivity index (χ3v) is 4.62. The molecule has 7 heteroatoms. The van der Waals surface area contributed by atoms with Crippen molar-refractivity contribution in [2.24, 2.45) is 11.7 Å². The van der Waals surface area contributed by atoms with E-state index < -0.39 is 6.10 Å². The maximum atomic E-state index is 11.4. The number of aliphatic hydroxyl groups excluding tert-OH is 1. The predicted molar refractivity (Wildman–Crippen MR) is 92.0 cm³/mol. The fraction of sp³-hybridized carbons (Fsp3) is 0.556. The van der Waals surface area contributed by atoms with Gasteiger partial charge in [-0.25, -0.2) is 0 Å². The maximum absolute atomic E-state index is 11.4. The number of amides is 1. The first-order valence-electron chi connectivity index (χ1n) is 8.53. The summed E-state index contributed by atoms with van der Waals surface area (Å²) in [7, 11) is 1.51. The summed E-state index contributed by atoms with van der Waals surface area (Å²) in [6.45, 7) is 3.82. The standard InChI is InChI=1S/C18H26N2O5/c1-12(21)14-3-4-16(17(9-14)24-2)25-11-15(22)10-20-7-5-13(6-8-20)18(19)23/h3-4,9,13,15,22H,5-8,10-11H2,1-2H3,(H2,19,23)/p+1/t15-/m0/s1. The molecule has 7 nitrogen and oxygen atoms in total. The number of nitrogens with two attached hydrogens (primary N) is 1. The largest absolute Gasteiger partial charge is 0.493 e. The van der Waals surface area contributed by atoms with E-state index in [1.165, 1.54) is 18.9 Å². The smallest absolute Gasteiger partial charge is 0.220 e. The molecule has 1 atom stereocenters. The van der Waals surface area contributed by atoms with Crippen LogP contribution in [0.25, 0.3) is 0 Å². The van der Waals surface area contributed by atoms with Gasteiger partial charge in [0.2, 0.25) is 5.91 Å². The number of rotatable bonds is 8. The maximum Gasteiger partial charge on any atom is 0.220 e. The van der Waals surface area contributed by atoms with Gasteiger partial charge < -0.3 is 25.2 Å². The van der Waals surface area contributed by atoms with Crippen LogP contribution < -0.4 is 20.1 Å². The molecule has 1 aliphatic heterocycles. The summed E-state index contributed by atoms with van der Waals surface area (Å²) in [5, 5.41) is 10.2. The molecule has 1 saturated heterocycles. The summed E-state index contributed by atoms with van der Waals surface area (Å²) >= 11 is 0. The number of benzene rings is 1. The number of nitrogens with one attached hydrogen (secondary N) is 1. The SMILES string of the molecule is COc1cc(C(C)=O)ccc1OC[C@@H](O)C[NH+]1CCC(C(N)=O)CC1. The number of methoxy groups -OCH3 is 1. The molecule has 1 aromatic carbocycles. The van der Waals surface area contributed by atoms with Crippen LogP contribution in [-0.2, 0) is 4.79 Å². The van der Waals surface area contributed by atoms with Crippen LogP contribution in [-0.4, -0.2) is 56.3 Å². The van der Waals surface area contributed by atoms with Crippen molar-refractivity contribution < 1.29 is 29.1 Å². The minimum absolute atomic E-state index is 0.0406. The van der Waals surface area contributed by atoms with Crippen molar-refractivity contribution in [1.82, 2.24) is 0 Å². The minimum Gasteiger partial charge on any atom is -0.493 e. The van der Waals surface area contributed by atoms with Gasteiger partial charge in [-0.2, -0.15) is 0 Å². The number of aliphatic hydroxyl groups is 1. The molecule has 2 rings (SSSR count). The Kier molecular flexibility index (Phi) is 6.78. The second kappa shape index (κ2) is 8.82. The first-order chi connectivity index (χ1) is 11.9. The van der Waals surface area contributed by atoms with Crippen LogP contribution in [0, 0.1) is 5.92 Å². The fourth-order valence-electron chi connectivity index (χ4n) is 3.10. The Hall–Kier alpha value is -2.12. The number of Topliss-reactive ketones (excluding diaryl/α,β-unsaturated/α-hetero) is 1. The normalized spacial score (nSPS) is 21.4. The van der Waals surface area contributed by atoms with Crippen molar-refractivity contribution in [3.8, 4) is 11.5 Å². The summed E-state index contributed by atoms with van der Waals surface area (Å²) in [4.78, 5) is 23.8. The molecule has 0 unspecified atom stereocenters. The summed E-state index contributed by atoms with van der Waals surface area (Å²) in [5.41, 5.74) is 5.88. The Morgan fingerprint density at radius 1 is 1.32 bits per heavy atom. The van der Waals surface area contributed by atoms with E-state index in [0.29, 0.717) is 23.6 Å². The van der Waals surface area contributed by atoms with Crippen LogP contribution in [0.5, 0.6) is 11.5 Å². The number of quaternary nitrogens is 1. The van der Waals surface area contributed by atoms with Crippen LogP contribution in [0.3, 0.4) is 0 Å². The van der Waals surface area contributed by atoms with Crippen LogP contribution in [0.15, 0.2) is 18.2 Å². The van der Waals surface area contributed by atoms with Gasteiger partial charge in [0.25, 0.3) is 0 Å². The van der Waals surface area contributed by atoms with Gasteiger partial charge in [0.1, 0.15) is 19.3 Å². The van der Waals surface area contributed by atoms with Gasteiger partial charge in [0.05, 0.1) is 20.2 Å². The Balaban J connectivity index is 1.83. The van der Waals surface area contributed by atoms with Crippen molar-refractivity contribution >= 4 is 11.7 Å². The van der Waals surface area contributed by atoms with Crippen LogP contribution in [0.4, 0.5) is 0 Å². The molecular formula is C18H27N2O5+. The number of hydrogen-bond acceptors (Lipinski definition) is 5. The van der Waals surface area contributed by atoms with Crippen molar-refractivity contribution in [3.05, 3.63) is 23.8 Å². The molecule has 0 aliphatic carbocycles. The molecule has 1 aromatic rings. The predicted octanol–water partition coefficient (Wildman–Crippen LogP) is -0.582. The number of carbonyl (C=O) groups excluding carboxylic acids is 2. The lowest BCUT2D eigenvalue weighted by atomic mass is 9.96. The molecular weight excluding hydrogens is 324 g/mol. The van der Waals surface area contributed by atoms with E-state index in [1.807, 2.05) is 0 Å². The van der Waals surface area contributed by atoms with Gasteiger partial charge in [-0.05, 0) is 25.1 Å². The summed E-state index contributed by atoms with van der Waals surface area (Å²) in [6.07, 6.45) is 0.897. The summed E-state index contributed by atoms with van der Waals surface area (Å²) < 4.78 is 10.9. The van der Waals surface area contributed by atoms with Crippen molar-refractivity contribution in [2.75, 3.05) is 33.4 Å². The fourth-order valence-corrected chi connectivity index (χ4v) is 3.10. The zero-order chi connectivity index (χ0) is 18.4. The van der Waals surface area contributed by atoms with Crippen LogP contribution in [0.1, 0.15) is 30.1 Å². The molecule has 25 heavy (non-hydrogen) atoms. The third-order valence-electron chi connectivity index (χ3n) is 4.62. The number of likely N-dealkylation sites (tertiary alicyclic amines) is 1. The number of ketones is 1. The topological polar surface area (TPSA) is 103 Å². The second-order valence-electron chi connectivity index (χ2n) is 6.52. The van der Waals surface area contributed by atoms with Crippen LogP contribution >= 0.6 is 0 Å². The van der Waals surface area contributed by atoms with E-state index in [2.05, 4.69) is 0 Å². The van der Waals surface area contributed by atoms with Gasteiger partial charge in [-0.3, -0.25) is 9.59 Å². The van der Waals surface area contributed by atoms with E-state index in [1.54, 1.807) is 18.2 Å². The Morgan fingerprint density at radius 3 is 2.56 bits per heavy atom. The van der Waals surface area contributed by atoms with E-state index in [0.717, 1.165) is 25.9 Å². The number of carbonyl (C=O) groups is 2. The molecule has 1 heterocycles. The summed E-state index contributed by atoms with van der Waals surface area (Å²) in [6, 6.07) is 4.98. The molecule has 0 radical (unpaired) electrons. The molecule has 1 amide bonds. The summed E-state index contributed by atoms with van der Waals surface area (Å²) in [5.74, 6) is 0.640. The first kappa shape index (κ1) is 19.2. The molecule has 0 bridgehead atoms. The lowest BCUT2D eigenvalue weighted by Gasteiger charge is -2.29. The number of ether oxygens (including phenoxy) is 2. The highest BCUT2D eigenvalue weighted by atomic mass is 16.5. The monoisotopic (exact) mass is 351 g/mol. The average molecular weight is 351 g/mol. The minimum atomic E-state index is -0.627. The molecule has 4 N–H and O–H groups in total. The zero-order valence-electron chi connectivity index (χ0n) is 14.8.